The fraction of sp³-hybridized carbons (Fsp3) is 0.453. The number of piperidine rings is 1. The number of carbonyl (C=O) groups is 5. The highest BCUT2D eigenvalue weighted by atomic mass is 16.6. The first kappa shape index (κ1) is 54.8. The van der Waals surface area contributed by atoms with Crippen LogP contribution in [-0.4, -0.2) is 173 Å². The average molecular weight is 1050 g/mol. The molecule has 0 saturated carbocycles. The zero-order valence-electron chi connectivity index (χ0n) is 43.0. The van der Waals surface area contributed by atoms with E-state index in [0.29, 0.717) is 107 Å². The summed E-state index contributed by atoms with van der Waals surface area (Å²) in [6.45, 7) is 15.4. The number of aromatic nitrogens is 5. The van der Waals surface area contributed by atoms with Gasteiger partial charge < -0.3 is 44.9 Å². The van der Waals surface area contributed by atoms with Crippen LogP contribution in [0.3, 0.4) is 0 Å². The quantitative estimate of drug-likeness (QED) is 0.0274. The van der Waals surface area contributed by atoms with E-state index in [9.17, 15) is 33.9 Å². The number of hydrogen-bond donors (Lipinski definition) is 5. The molecule has 2 saturated heterocycles. The van der Waals surface area contributed by atoms with E-state index in [0.717, 1.165) is 55.4 Å². The van der Waals surface area contributed by atoms with Crippen molar-refractivity contribution in [1.29, 1.82) is 0 Å². The van der Waals surface area contributed by atoms with Crippen LogP contribution >= 0.6 is 0 Å². The van der Waals surface area contributed by atoms with Gasteiger partial charge in [-0.3, -0.25) is 43.9 Å². The number of amides is 5. The highest BCUT2D eigenvalue weighted by Gasteiger charge is 2.45. The Bertz CT molecular complexity index is 2930. The smallest absolute Gasteiger partial charge is 0.278 e. The van der Waals surface area contributed by atoms with Crippen molar-refractivity contribution < 1.29 is 48.0 Å². The van der Waals surface area contributed by atoms with Crippen LogP contribution in [0, 0.1) is 0 Å². The van der Waals surface area contributed by atoms with Crippen LogP contribution in [0.4, 0.5) is 23.0 Å². The van der Waals surface area contributed by atoms with Crippen molar-refractivity contribution in [3.63, 3.8) is 0 Å². The van der Waals surface area contributed by atoms with Crippen LogP contribution in [0.1, 0.15) is 65.9 Å². The van der Waals surface area contributed by atoms with Crippen LogP contribution in [0.2, 0.25) is 0 Å². The van der Waals surface area contributed by atoms with E-state index >= 15 is 0 Å². The van der Waals surface area contributed by atoms with Crippen LogP contribution < -0.4 is 31.7 Å². The first-order valence-corrected chi connectivity index (χ1v) is 25.6. The molecule has 0 aliphatic carbocycles. The van der Waals surface area contributed by atoms with Gasteiger partial charge in [0.15, 0.2) is 11.5 Å². The summed E-state index contributed by atoms with van der Waals surface area (Å²) in [6, 6.07) is 17.2. The molecule has 3 aliphatic heterocycles. The number of aliphatic hydroxyl groups is 1. The SMILES string of the molecule is C=CCn1c(=O)c2cnc(Nc3ccc(N4CCN(CCCC(=O)NCCOCCOCCOCCOCCNc5cccc6c5C(=O)N(C5CCC(=O)NC5=O)C6=O)CC4)cc3)nc2n1-c1cccc(C(C)(C)O)n1. The number of nitrogens with one attached hydrogen (secondary N) is 4. The number of pyridine rings is 1. The number of hydrogen-bond acceptors (Lipinski definition) is 18. The third-order valence-corrected chi connectivity index (χ3v) is 13.0. The van der Waals surface area contributed by atoms with Gasteiger partial charge in [0.25, 0.3) is 17.4 Å². The van der Waals surface area contributed by atoms with Crippen molar-refractivity contribution in [2.24, 2.45) is 0 Å². The van der Waals surface area contributed by atoms with E-state index in [2.05, 4.69) is 59.7 Å². The van der Waals surface area contributed by atoms with E-state index in [4.69, 9.17) is 23.9 Å². The Kier molecular flexibility index (Phi) is 18.7. The van der Waals surface area contributed by atoms with Crippen LogP contribution in [0.15, 0.2) is 84.3 Å². The van der Waals surface area contributed by atoms with Gasteiger partial charge in [-0.1, -0.05) is 18.2 Å². The van der Waals surface area contributed by atoms with Crippen molar-refractivity contribution in [2.75, 3.05) is 114 Å². The third-order valence-electron chi connectivity index (χ3n) is 13.0. The maximum absolute atomic E-state index is 13.4. The summed E-state index contributed by atoms with van der Waals surface area (Å²) in [5.41, 5.74) is 2.11. The molecule has 0 radical (unpaired) electrons. The van der Waals surface area contributed by atoms with Gasteiger partial charge in [0, 0.05) is 75.4 Å². The first-order chi connectivity index (χ1) is 36.8. The fourth-order valence-corrected chi connectivity index (χ4v) is 9.10. The number of allylic oxidation sites excluding steroid dienone is 1. The lowest BCUT2D eigenvalue weighted by Crippen LogP contribution is -2.54. The number of benzene rings is 2. The van der Waals surface area contributed by atoms with Gasteiger partial charge >= 0.3 is 0 Å². The van der Waals surface area contributed by atoms with E-state index in [1.165, 1.54) is 10.9 Å². The summed E-state index contributed by atoms with van der Waals surface area (Å²) in [5.74, 6) is -1.47. The predicted molar refractivity (Wildman–Crippen MR) is 282 cm³/mol. The zero-order valence-corrected chi connectivity index (χ0v) is 43.0. The largest absolute Gasteiger partial charge is 0.384 e. The second-order valence-electron chi connectivity index (χ2n) is 18.9. The van der Waals surface area contributed by atoms with Crippen LogP contribution in [0.25, 0.3) is 16.9 Å². The molecule has 1 unspecified atom stereocenters. The van der Waals surface area contributed by atoms with Gasteiger partial charge in [-0.25, -0.2) is 19.3 Å². The molecule has 5 aromatic rings. The summed E-state index contributed by atoms with van der Waals surface area (Å²) >= 11 is 0. The molecule has 23 nitrogen and oxygen atoms in total. The number of carbonyl (C=O) groups excluding carboxylic acids is 5. The molecule has 0 bridgehead atoms. The molecule has 6 heterocycles. The van der Waals surface area contributed by atoms with Crippen LogP contribution in [0.5, 0.6) is 0 Å². The summed E-state index contributed by atoms with van der Waals surface area (Å²) in [5, 5.41) is 22.5. The molecular formula is C53H66N12O11. The van der Waals surface area contributed by atoms with Crippen LogP contribution in [-0.2, 0) is 45.5 Å². The minimum atomic E-state index is -1.19. The van der Waals surface area contributed by atoms with Gasteiger partial charge in [-0.15, -0.1) is 6.58 Å². The number of anilines is 4. The molecule has 1 atom stereocenters. The fourth-order valence-electron chi connectivity index (χ4n) is 9.10. The van der Waals surface area contributed by atoms with Gasteiger partial charge in [0.1, 0.15) is 17.0 Å². The van der Waals surface area contributed by atoms with E-state index in [-0.39, 0.29) is 42.0 Å². The summed E-state index contributed by atoms with van der Waals surface area (Å²) in [4.78, 5) is 95.6. The van der Waals surface area contributed by atoms with Gasteiger partial charge in [0.2, 0.25) is 23.7 Å². The van der Waals surface area contributed by atoms with Gasteiger partial charge in [0.05, 0.1) is 76.2 Å². The maximum Gasteiger partial charge on any atom is 0.278 e. The van der Waals surface area contributed by atoms with E-state index in [1.54, 1.807) is 61.0 Å². The summed E-state index contributed by atoms with van der Waals surface area (Å²) in [6.07, 6.45) is 4.48. The second-order valence-corrected chi connectivity index (χ2v) is 18.9. The van der Waals surface area contributed by atoms with Gasteiger partial charge in [-0.05, 0) is 81.8 Å². The number of imide groups is 2. The molecule has 2 aromatic carbocycles. The van der Waals surface area contributed by atoms with Gasteiger partial charge in [-0.2, -0.15) is 4.98 Å². The molecule has 76 heavy (non-hydrogen) atoms. The Morgan fingerprint density at radius 1 is 0.842 bits per heavy atom. The molecule has 8 rings (SSSR count). The molecule has 23 heteroatoms. The average Bonchev–Trinajstić information content (AvgIpc) is 3.93. The zero-order chi connectivity index (χ0) is 53.6. The maximum atomic E-state index is 13.4. The minimum absolute atomic E-state index is 0.00191. The normalized spacial score (nSPS) is 16.1. The number of piperazine rings is 1. The van der Waals surface area contributed by atoms with Crippen molar-refractivity contribution in [3.05, 3.63) is 107 Å². The molecule has 3 aromatic heterocycles. The predicted octanol–water partition coefficient (Wildman–Crippen LogP) is 2.73. The number of nitrogens with zero attached hydrogens (tertiary/aromatic N) is 8. The molecule has 3 aliphatic rings. The lowest BCUT2D eigenvalue weighted by atomic mass is 10.0. The molecule has 2 fully saturated rings. The molecule has 404 valence electrons. The van der Waals surface area contributed by atoms with Crippen molar-refractivity contribution in [3.8, 4) is 5.82 Å². The summed E-state index contributed by atoms with van der Waals surface area (Å²) < 4.78 is 25.5. The Morgan fingerprint density at radius 3 is 2.21 bits per heavy atom. The molecule has 0 spiro atoms. The third kappa shape index (κ3) is 13.7. The Morgan fingerprint density at radius 2 is 1.53 bits per heavy atom. The highest BCUT2D eigenvalue weighted by molar-refractivity contribution is 6.25. The van der Waals surface area contributed by atoms with Crippen molar-refractivity contribution in [2.45, 2.75) is 57.7 Å². The number of fused-ring (bicyclic) bond motifs is 2. The highest BCUT2D eigenvalue weighted by Crippen LogP contribution is 2.32. The minimum Gasteiger partial charge on any atom is -0.384 e. The Hall–Kier alpha value is -7.41. The first-order valence-electron chi connectivity index (χ1n) is 25.6. The monoisotopic (exact) mass is 1050 g/mol. The molecule has 5 amide bonds. The second kappa shape index (κ2) is 25.9. The van der Waals surface area contributed by atoms with Crippen molar-refractivity contribution >= 4 is 63.6 Å². The number of rotatable bonds is 28. The van der Waals surface area contributed by atoms with E-state index < -0.39 is 35.3 Å². The Labute approximate surface area is 439 Å². The summed E-state index contributed by atoms with van der Waals surface area (Å²) in [7, 11) is 0. The van der Waals surface area contributed by atoms with E-state index in [1.807, 2.05) is 12.1 Å². The number of ether oxygens (including phenoxy) is 4. The standard InChI is InChI=1S/C53H66N12O11/c1-4-21-63-49(69)39-35-56-52(60-47(39)65(63)43-11-6-10-42(58-43)53(2,3)72)57-36-13-15-37(16-14-36)62-25-23-61(24-26-62)22-7-12-44(66)55-20-28-74-30-32-76-34-33-75-31-29-73-27-19-54-40-9-5-8-38-46(40)51(71)64(50(38)70)41-17-18-45(67)59-48(41)68/h4-6,8-11,13-16,35,41,54,72H,1,7,12,17-34H2,2-3H3,(H,55,66)(H,56,57,60)(H,59,67,68). The lowest BCUT2D eigenvalue weighted by Gasteiger charge is -2.36. The van der Waals surface area contributed by atoms with Crippen molar-refractivity contribution in [1.82, 2.24) is 44.7 Å². The molecular weight excluding hydrogens is 981 g/mol. The Balaban J connectivity index is 0.630. The topological polar surface area (TPSA) is 266 Å². The lowest BCUT2D eigenvalue weighted by molar-refractivity contribution is -0.136. The molecule has 5 N–H and O–H groups in total.